The molecule has 1 saturated heterocycles. The molecule has 4 rings (SSSR count). The van der Waals surface area contributed by atoms with Gasteiger partial charge in [0.25, 0.3) is 11.8 Å². The molecule has 0 radical (unpaired) electrons. The summed E-state index contributed by atoms with van der Waals surface area (Å²) in [7, 11) is 0. The van der Waals surface area contributed by atoms with Gasteiger partial charge < -0.3 is 10.1 Å². The third kappa shape index (κ3) is 4.52. The molecule has 1 N–H and O–H groups in total. The van der Waals surface area contributed by atoms with Gasteiger partial charge in [-0.15, -0.1) is 0 Å². The Morgan fingerprint density at radius 2 is 1.74 bits per heavy atom. The summed E-state index contributed by atoms with van der Waals surface area (Å²) in [6.45, 7) is 7.71. The molecule has 0 aliphatic carbocycles. The van der Waals surface area contributed by atoms with E-state index in [4.69, 9.17) is 4.74 Å². The lowest BCUT2D eigenvalue weighted by Crippen LogP contribution is -2.43. The third-order valence-electron chi connectivity index (χ3n) is 5.80. The van der Waals surface area contributed by atoms with Crippen LogP contribution in [0.3, 0.4) is 0 Å². The number of aryl methyl sites for hydroxylation is 2. The lowest BCUT2D eigenvalue weighted by atomic mass is 9.99. The number of hydrogen-bond acceptors (Lipinski definition) is 5. The number of rotatable bonds is 6. The SMILES string of the molecule is Cc1ccc(C2=C(Nc3cccc(F)c3)C(=O)N(CCN3CCOCC3)C2=O)cc1C. The molecule has 6 nitrogen and oxygen atoms in total. The number of carbonyl (C=O) groups is 2. The Kier molecular flexibility index (Phi) is 6.15. The molecular weight excluding hydrogens is 397 g/mol. The van der Waals surface area contributed by atoms with E-state index in [0.717, 1.165) is 24.2 Å². The lowest BCUT2D eigenvalue weighted by molar-refractivity contribution is -0.137. The lowest BCUT2D eigenvalue weighted by Gasteiger charge is -2.28. The highest BCUT2D eigenvalue weighted by atomic mass is 19.1. The van der Waals surface area contributed by atoms with E-state index in [1.165, 1.54) is 17.0 Å². The molecule has 162 valence electrons. The number of morpholine rings is 1. The van der Waals surface area contributed by atoms with Crippen LogP contribution in [0, 0.1) is 19.7 Å². The molecule has 31 heavy (non-hydrogen) atoms. The first-order valence-corrected chi connectivity index (χ1v) is 10.4. The van der Waals surface area contributed by atoms with Gasteiger partial charge in [0.05, 0.1) is 18.8 Å². The predicted molar refractivity (Wildman–Crippen MR) is 117 cm³/mol. The van der Waals surface area contributed by atoms with E-state index in [2.05, 4.69) is 10.2 Å². The number of nitrogens with one attached hydrogen (secondary N) is 1. The van der Waals surface area contributed by atoms with Gasteiger partial charge in [-0.05, 0) is 48.7 Å². The molecule has 1 fully saturated rings. The van der Waals surface area contributed by atoms with Gasteiger partial charge in [0.15, 0.2) is 0 Å². The second-order valence-electron chi connectivity index (χ2n) is 7.90. The summed E-state index contributed by atoms with van der Waals surface area (Å²) in [5, 5.41) is 3.01. The Hall–Kier alpha value is -3.03. The van der Waals surface area contributed by atoms with Crippen LogP contribution in [0.15, 0.2) is 48.2 Å². The van der Waals surface area contributed by atoms with Crippen LogP contribution in [0.25, 0.3) is 5.57 Å². The Morgan fingerprint density at radius 1 is 0.968 bits per heavy atom. The minimum absolute atomic E-state index is 0.181. The van der Waals surface area contributed by atoms with Crippen molar-refractivity contribution >= 4 is 23.1 Å². The van der Waals surface area contributed by atoms with E-state index in [1.807, 2.05) is 32.0 Å². The first kappa shape index (κ1) is 21.2. The van der Waals surface area contributed by atoms with E-state index in [0.29, 0.717) is 43.1 Å². The summed E-state index contributed by atoms with van der Waals surface area (Å²) in [4.78, 5) is 30.1. The van der Waals surface area contributed by atoms with E-state index in [9.17, 15) is 14.0 Å². The second-order valence-corrected chi connectivity index (χ2v) is 7.90. The minimum atomic E-state index is -0.417. The van der Waals surface area contributed by atoms with Crippen LogP contribution in [0.2, 0.25) is 0 Å². The van der Waals surface area contributed by atoms with Gasteiger partial charge in [-0.3, -0.25) is 19.4 Å². The smallest absolute Gasteiger partial charge is 0.278 e. The molecule has 2 aromatic rings. The topological polar surface area (TPSA) is 61.9 Å². The van der Waals surface area contributed by atoms with Crippen molar-refractivity contribution in [3.05, 3.63) is 70.7 Å². The number of anilines is 1. The fourth-order valence-corrected chi connectivity index (χ4v) is 3.84. The number of hydrogen-bond donors (Lipinski definition) is 1. The average molecular weight is 423 g/mol. The average Bonchev–Trinajstić information content (AvgIpc) is 2.99. The van der Waals surface area contributed by atoms with Crippen molar-refractivity contribution in [2.24, 2.45) is 0 Å². The molecule has 0 atom stereocenters. The molecule has 0 spiro atoms. The monoisotopic (exact) mass is 423 g/mol. The van der Waals surface area contributed by atoms with E-state index in [-0.39, 0.29) is 11.6 Å². The van der Waals surface area contributed by atoms with E-state index < -0.39 is 11.7 Å². The zero-order valence-corrected chi connectivity index (χ0v) is 17.8. The molecule has 2 aliphatic rings. The zero-order valence-electron chi connectivity index (χ0n) is 17.8. The fraction of sp³-hybridized carbons (Fsp3) is 0.333. The number of ether oxygens (including phenoxy) is 1. The molecule has 2 amide bonds. The highest BCUT2D eigenvalue weighted by molar-refractivity contribution is 6.36. The maximum absolute atomic E-state index is 13.7. The summed E-state index contributed by atoms with van der Waals surface area (Å²) in [5.41, 5.74) is 3.73. The number of benzene rings is 2. The summed E-state index contributed by atoms with van der Waals surface area (Å²) < 4.78 is 19.1. The Bertz CT molecular complexity index is 1040. The summed E-state index contributed by atoms with van der Waals surface area (Å²) in [6.07, 6.45) is 0. The Balaban J connectivity index is 1.65. The van der Waals surface area contributed by atoms with Crippen molar-refractivity contribution in [2.45, 2.75) is 13.8 Å². The van der Waals surface area contributed by atoms with Gasteiger partial charge in [-0.1, -0.05) is 24.3 Å². The molecule has 0 bridgehead atoms. The summed E-state index contributed by atoms with van der Waals surface area (Å²) in [5.74, 6) is -1.14. The van der Waals surface area contributed by atoms with Crippen LogP contribution < -0.4 is 5.32 Å². The van der Waals surface area contributed by atoms with Gasteiger partial charge in [0.1, 0.15) is 11.5 Å². The Morgan fingerprint density at radius 3 is 2.45 bits per heavy atom. The third-order valence-corrected chi connectivity index (χ3v) is 5.80. The van der Waals surface area contributed by atoms with Crippen molar-refractivity contribution in [2.75, 3.05) is 44.7 Å². The molecule has 7 heteroatoms. The second kappa shape index (κ2) is 8.99. The fourth-order valence-electron chi connectivity index (χ4n) is 3.84. The van der Waals surface area contributed by atoms with Crippen molar-refractivity contribution in [1.29, 1.82) is 0 Å². The van der Waals surface area contributed by atoms with Crippen LogP contribution >= 0.6 is 0 Å². The highest BCUT2D eigenvalue weighted by Gasteiger charge is 2.39. The molecule has 2 heterocycles. The molecule has 0 unspecified atom stereocenters. The van der Waals surface area contributed by atoms with Crippen molar-refractivity contribution in [1.82, 2.24) is 9.80 Å². The molecule has 2 aromatic carbocycles. The normalized spacial score (nSPS) is 17.6. The Labute approximate surface area is 181 Å². The number of imide groups is 1. The maximum atomic E-state index is 13.7. The van der Waals surface area contributed by atoms with Crippen LogP contribution in [-0.2, 0) is 14.3 Å². The number of amides is 2. The van der Waals surface area contributed by atoms with Gasteiger partial charge >= 0.3 is 0 Å². The van der Waals surface area contributed by atoms with Gasteiger partial charge in [0, 0.05) is 31.9 Å². The zero-order chi connectivity index (χ0) is 22.0. The maximum Gasteiger partial charge on any atom is 0.278 e. The predicted octanol–water partition coefficient (Wildman–Crippen LogP) is 2.97. The van der Waals surface area contributed by atoms with E-state index in [1.54, 1.807) is 12.1 Å². The standard InChI is InChI=1S/C24H26FN3O3/c1-16-6-7-18(14-17(16)2)21-22(26-20-5-3-4-19(25)15-20)24(30)28(23(21)29)9-8-27-10-12-31-13-11-27/h3-7,14-15,26H,8-13H2,1-2H3. The molecule has 0 saturated carbocycles. The quantitative estimate of drug-likeness (QED) is 0.724. The number of halogens is 1. The first-order valence-electron chi connectivity index (χ1n) is 10.4. The minimum Gasteiger partial charge on any atom is -0.379 e. The largest absolute Gasteiger partial charge is 0.379 e. The number of nitrogens with zero attached hydrogens (tertiary/aromatic N) is 2. The van der Waals surface area contributed by atoms with Crippen LogP contribution in [0.5, 0.6) is 0 Å². The number of carbonyl (C=O) groups excluding carboxylic acids is 2. The summed E-state index contributed by atoms with van der Waals surface area (Å²) >= 11 is 0. The van der Waals surface area contributed by atoms with Crippen LogP contribution in [0.1, 0.15) is 16.7 Å². The van der Waals surface area contributed by atoms with Gasteiger partial charge in [0.2, 0.25) is 0 Å². The first-order chi connectivity index (χ1) is 14.9. The van der Waals surface area contributed by atoms with Crippen molar-refractivity contribution in [3.8, 4) is 0 Å². The van der Waals surface area contributed by atoms with Crippen LogP contribution in [0.4, 0.5) is 10.1 Å². The van der Waals surface area contributed by atoms with Crippen molar-refractivity contribution in [3.63, 3.8) is 0 Å². The molecule has 2 aliphatic heterocycles. The summed E-state index contributed by atoms with van der Waals surface area (Å²) in [6, 6.07) is 11.6. The van der Waals surface area contributed by atoms with Gasteiger partial charge in [-0.2, -0.15) is 0 Å². The van der Waals surface area contributed by atoms with Crippen LogP contribution in [-0.4, -0.2) is 61.0 Å². The highest BCUT2D eigenvalue weighted by Crippen LogP contribution is 2.31. The van der Waals surface area contributed by atoms with E-state index >= 15 is 0 Å². The van der Waals surface area contributed by atoms with Crippen molar-refractivity contribution < 1.29 is 18.7 Å². The molecule has 0 aromatic heterocycles. The van der Waals surface area contributed by atoms with Gasteiger partial charge in [-0.25, -0.2) is 4.39 Å². The molecular formula is C24H26FN3O3.